The third-order valence-electron chi connectivity index (χ3n) is 1.89. The van der Waals surface area contributed by atoms with Gasteiger partial charge in [-0.2, -0.15) is 0 Å². The molecule has 0 spiro atoms. The Morgan fingerprint density at radius 3 is 1.93 bits per heavy atom. The molecule has 1 aromatic rings. The van der Waals surface area contributed by atoms with Gasteiger partial charge in [-0.05, 0) is 45.6 Å². The summed E-state index contributed by atoms with van der Waals surface area (Å²) in [5, 5.41) is 0. The van der Waals surface area contributed by atoms with Crippen LogP contribution in [0.3, 0.4) is 0 Å². The first-order chi connectivity index (χ1) is 6.79. The molecule has 80 valence electrons. The molecule has 2 heterocycles. The molecule has 1 aromatic heterocycles. The molecule has 2 nitrogen and oxygen atoms in total. The standard InChI is InChI=1S/C6H7N.C4H9N.C2H6/c1-6-4-2-3-5-7-6;1-5-3-2-4-5;1-2/h2-5H,1H3;2-4H2,1H3;1-2H3. The lowest BCUT2D eigenvalue weighted by Crippen LogP contribution is -2.32. The number of hydrogen-bond acceptors (Lipinski definition) is 2. The van der Waals surface area contributed by atoms with E-state index in [2.05, 4.69) is 16.9 Å². The predicted octanol–water partition coefficient (Wildman–Crippen LogP) is 2.74. The molecular weight excluding hydrogens is 172 g/mol. The summed E-state index contributed by atoms with van der Waals surface area (Å²) < 4.78 is 0. The number of likely N-dealkylation sites (tertiary alicyclic amines) is 1. The van der Waals surface area contributed by atoms with Crippen molar-refractivity contribution in [1.29, 1.82) is 0 Å². The Bertz CT molecular complexity index is 205. The van der Waals surface area contributed by atoms with Crippen molar-refractivity contribution < 1.29 is 0 Å². The fourth-order valence-electron chi connectivity index (χ4n) is 0.922. The molecule has 2 heteroatoms. The van der Waals surface area contributed by atoms with Crippen molar-refractivity contribution in [2.45, 2.75) is 27.2 Å². The molecule has 0 amide bonds. The summed E-state index contributed by atoms with van der Waals surface area (Å²) in [6, 6.07) is 5.86. The Labute approximate surface area is 88.0 Å². The maximum absolute atomic E-state index is 3.98. The van der Waals surface area contributed by atoms with Crippen LogP contribution in [0.25, 0.3) is 0 Å². The van der Waals surface area contributed by atoms with Crippen LogP contribution in [0.4, 0.5) is 0 Å². The van der Waals surface area contributed by atoms with Gasteiger partial charge in [-0.25, -0.2) is 0 Å². The fourth-order valence-corrected chi connectivity index (χ4v) is 0.922. The lowest BCUT2D eigenvalue weighted by Gasteiger charge is -2.24. The molecule has 0 unspecified atom stereocenters. The quantitative estimate of drug-likeness (QED) is 0.631. The van der Waals surface area contributed by atoms with Crippen LogP contribution in [0.15, 0.2) is 24.4 Å². The average molecular weight is 194 g/mol. The van der Waals surface area contributed by atoms with Gasteiger partial charge in [-0.3, -0.25) is 4.98 Å². The monoisotopic (exact) mass is 194 g/mol. The minimum Gasteiger partial charge on any atom is -0.306 e. The third kappa shape index (κ3) is 6.61. The summed E-state index contributed by atoms with van der Waals surface area (Å²) >= 11 is 0. The molecule has 0 radical (unpaired) electrons. The average Bonchev–Trinajstić information content (AvgIpc) is 2.20. The summed E-state index contributed by atoms with van der Waals surface area (Å²) in [7, 11) is 2.14. The molecule has 1 aliphatic heterocycles. The Morgan fingerprint density at radius 1 is 1.21 bits per heavy atom. The number of aromatic nitrogens is 1. The van der Waals surface area contributed by atoms with Gasteiger partial charge >= 0.3 is 0 Å². The molecule has 0 aromatic carbocycles. The highest BCUT2D eigenvalue weighted by molar-refractivity contribution is 4.99. The van der Waals surface area contributed by atoms with E-state index in [-0.39, 0.29) is 0 Å². The number of hydrogen-bond donors (Lipinski definition) is 0. The van der Waals surface area contributed by atoms with Crippen molar-refractivity contribution >= 4 is 0 Å². The predicted molar refractivity (Wildman–Crippen MR) is 62.4 cm³/mol. The van der Waals surface area contributed by atoms with Crippen molar-refractivity contribution in [1.82, 2.24) is 9.88 Å². The van der Waals surface area contributed by atoms with Crippen LogP contribution >= 0.6 is 0 Å². The van der Waals surface area contributed by atoms with Crippen LogP contribution in [-0.4, -0.2) is 30.0 Å². The fraction of sp³-hybridized carbons (Fsp3) is 0.583. The Kier molecular flexibility index (Phi) is 8.14. The van der Waals surface area contributed by atoms with E-state index in [1.807, 2.05) is 39.0 Å². The molecule has 1 fully saturated rings. The van der Waals surface area contributed by atoms with E-state index in [4.69, 9.17) is 0 Å². The zero-order valence-corrected chi connectivity index (χ0v) is 9.83. The smallest absolute Gasteiger partial charge is 0.0372 e. The van der Waals surface area contributed by atoms with Gasteiger partial charge in [-0.1, -0.05) is 19.9 Å². The van der Waals surface area contributed by atoms with Gasteiger partial charge in [-0.15, -0.1) is 0 Å². The van der Waals surface area contributed by atoms with Crippen molar-refractivity contribution in [3.8, 4) is 0 Å². The van der Waals surface area contributed by atoms with Gasteiger partial charge in [0.1, 0.15) is 0 Å². The van der Waals surface area contributed by atoms with Crippen LogP contribution in [0.1, 0.15) is 26.0 Å². The lowest BCUT2D eigenvalue weighted by molar-refractivity contribution is 0.229. The van der Waals surface area contributed by atoms with E-state index in [0.717, 1.165) is 5.69 Å². The van der Waals surface area contributed by atoms with E-state index in [1.54, 1.807) is 6.20 Å². The van der Waals surface area contributed by atoms with Crippen LogP contribution in [0.5, 0.6) is 0 Å². The zero-order valence-electron chi connectivity index (χ0n) is 9.83. The maximum atomic E-state index is 3.98. The summed E-state index contributed by atoms with van der Waals surface area (Å²) in [5.74, 6) is 0. The molecule has 0 N–H and O–H groups in total. The summed E-state index contributed by atoms with van der Waals surface area (Å²) in [6.45, 7) is 8.61. The van der Waals surface area contributed by atoms with Crippen molar-refractivity contribution in [2.24, 2.45) is 0 Å². The van der Waals surface area contributed by atoms with Crippen LogP contribution in [0, 0.1) is 6.92 Å². The molecule has 1 aliphatic rings. The van der Waals surface area contributed by atoms with Gasteiger partial charge in [0, 0.05) is 11.9 Å². The second-order valence-electron chi connectivity index (χ2n) is 3.13. The van der Waals surface area contributed by atoms with E-state index in [0.29, 0.717) is 0 Å². The van der Waals surface area contributed by atoms with Gasteiger partial charge in [0.05, 0.1) is 0 Å². The van der Waals surface area contributed by atoms with Crippen LogP contribution < -0.4 is 0 Å². The minimum atomic E-state index is 1.07. The second-order valence-corrected chi connectivity index (χ2v) is 3.13. The first-order valence-electron chi connectivity index (χ1n) is 5.35. The highest BCUT2D eigenvalue weighted by Crippen LogP contribution is 1.98. The number of aryl methyl sites for hydroxylation is 1. The number of pyridine rings is 1. The molecule has 0 atom stereocenters. The van der Waals surface area contributed by atoms with E-state index in [1.165, 1.54) is 19.5 Å². The van der Waals surface area contributed by atoms with E-state index in [9.17, 15) is 0 Å². The molecule has 0 saturated carbocycles. The minimum absolute atomic E-state index is 1.07. The molecule has 0 bridgehead atoms. The summed E-state index contributed by atoms with van der Waals surface area (Å²) in [5.41, 5.74) is 1.07. The summed E-state index contributed by atoms with van der Waals surface area (Å²) in [6.07, 6.45) is 3.20. The highest BCUT2D eigenvalue weighted by Gasteiger charge is 2.04. The van der Waals surface area contributed by atoms with Gasteiger partial charge < -0.3 is 4.90 Å². The maximum Gasteiger partial charge on any atom is 0.0372 e. The Morgan fingerprint density at radius 2 is 1.79 bits per heavy atom. The molecule has 14 heavy (non-hydrogen) atoms. The number of nitrogens with zero attached hydrogens (tertiary/aromatic N) is 2. The molecule has 0 aliphatic carbocycles. The second kappa shape index (κ2) is 8.70. The molecule has 1 saturated heterocycles. The SMILES string of the molecule is CC.CN1CCC1.Cc1ccccn1. The van der Waals surface area contributed by atoms with E-state index < -0.39 is 0 Å². The van der Waals surface area contributed by atoms with Crippen molar-refractivity contribution in [3.05, 3.63) is 30.1 Å². The third-order valence-corrected chi connectivity index (χ3v) is 1.89. The zero-order chi connectivity index (χ0) is 10.8. The van der Waals surface area contributed by atoms with Gasteiger partial charge in [0.25, 0.3) is 0 Å². The normalized spacial score (nSPS) is 14.0. The lowest BCUT2D eigenvalue weighted by atomic mass is 10.3. The van der Waals surface area contributed by atoms with Crippen LogP contribution in [0.2, 0.25) is 0 Å². The molecular formula is C12H22N2. The van der Waals surface area contributed by atoms with Crippen molar-refractivity contribution in [2.75, 3.05) is 20.1 Å². The Hall–Kier alpha value is -0.890. The largest absolute Gasteiger partial charge is 0.306 e. The topological polar surface area (TPSA) is 16.1 Å². The van der Waals surface area contributed by atoms with Crippen LogP contribution in [-0.2, 0) is 0 Å². The first kappa shape index (κ1) is 13.1. The first-order valence-corrected chi connectivity index (χ1v) is 5.35. The molecule has 2 rings (SSSR count). The Balaban J connectivity index is 0.000000213. The number of rotatable bonds is 0. The van der Waals surface area contributed by atoms with Gasteiger partial charge in [0.15, 0.2) is 0 Å². The van der Waals surface area contributed by atoms with E-state index >= 15 is 0 Å². The highest BCUT2D eigenvalue weighted by atomic mass is 15.1. The van der Waals surface area contributed by atoms with Crippen molar-refractivity contribution in [3.63, 3.8) is 0 Å². The summed E-state index contributed by atoms with van der Waals surface area (Å²) in [4.78, 5) is 6.28. The van der Waals surface area contributed by atoms with Gasteiger partial charge in [0.2, 0.25) is 0 Å².